The van der Waals surface area contributed by atoms with Gasteiger partial charge in [0.05, 0.1) is 10.5 Å². The summed E-state index contributed by atoms with van der Waals surface area (Å²) < 4.78 is 25.7. The summed E-state index contributed by atoms with van der Waals surface area (Å²) in [6.07, 6.45) is 0. The molecule has 0 aliphatic carbocycles. The molecule has 0 aromatic heterocycles. The maximum atomic E-state index is 12.2. The van der Waals surface area contributed by atoms with Crippen molar-refractivity contribution in [2.24, 2.45) is 0 Å². The molecule has 18 heavy (non-hydrogen) atoms. The summed E-state index contributed by atoms with van der Waals surface area (Å²) in [6.45, 7) is 5.84. The van der Waals surface area contributed by atoms with Crippen molar-refractivity contribution in [2.45, 2.75) is 25.7 Å². The van der Waals surface area contributed by atoms with Gasteiger partial charge in [-0.25, -0.2) is 13.2 Å². The normalized spacial score (nSPS) is 11.8. The minimum absolute atomic E-state index is 0.0169. The second-order valence-electron chi connectivity index (χ2n) is 3.87. The molecule has 0 saturated carbocycles. The first kappa shape index (κ1) is 14.7. The van der Waals surface area contributed by atoms with Crippen LogP contribution in [0, 0.1) is 6.92 Å². The maximum Gasteiger partial charge on any atom is 0.335 e. The number of hydrogen-bond donors (Lipinski definition) is 1. The predicted molar refractivity (Wildman–Crippen MR) is 68.2 cm³/mol. The number of benzene rings is 1. The number of nitrogens with zero attached hydrogens (tertiary/aromatic N) is 1. The number of rotatable bonds is 5. The number of carboxylic acid groups (broad SMARTS) is 1. The summed E-state index contributed by atoms with van der Waals surface area (Å²) in [7, 11) is -3.60. The highest BCUT2D eigenvalue weighted by Crippen LogP contribution is 2.19. The molecular weight excluding hydrogens is 254 g/mol. The lowest BCUT2D eigenvalue weighted by Gasteiger charge is -2.18. The van der Waals surface area contributed by atoms with Gasteiger partial charge in [0.2, 0.25) is 10.0 Å². The molecule has 0 aliphatic rings. The molecule has 100 valence electrons. The maximum absolute atomic E-state index is 12.2. The summed E-state index contributed by atoms with van der Waals surface area (Å²) in [4.78, 5) is 11.0. The molecule has 0 radical (unpaired) electrons. The Hall–Kier alpha value is -1.40. The van der Waals surface area contributed by atoms with E-state index in [1.165, 1.54) is 22.5 Å². The van der Waals surface area contributed by atoms with Crippen LogP contribution in [0.2, 0.25) is 0 Å². The highest BCUT2D eigenvalue weighted by molar-refractivity contribution is 7.89. The van der Waals surface area contributed by atoms with Crippen LogP contribution in [0.15, 0.2) is 23.1 Å². The second-order valence-corrected chi connectivity index (χ2v) is 5.81. The third-order valence-corrected chi connectivity index (χ3v) is 4.83. The Morgan fingerprint density at radius 3 is 2.28 bits per heavy atom. The lowest BCUT2D eigenvalue weighted by atomic mass is 10.1. The van der Waals surface area contributed by atoms with E-state index in [2.05, 4.69) is 0 Å². The molecular formula is C12H17NO4S. The van der Waals surface area contributed by atoms with E-state index >= 15 is 0 Å². The van der Waals surface area contributed by atoms with E-state index in [-0.39, 0.29) is 10.5 Å². The monoisotopic (exact) mass is 271 g/mol. The quantitative estimate of drug-likeness (QED) is 0.885. The molecule has 0 unspecified atom stereocenters. The molecule has 1 N–H and O–H groups in total. The number of carbonyl (C=O) groups is 1. The van der Waals surface area contributed by atoms with Gasteiger partial charge in [-0.3, -0.25) is 0 Å². The van der Waals surface area contributed by atoms with Crippen LogP contribution in [0.25, 0.3) is 0 Å². The number of carboxylic acids is 1. The molecule has 0 atom stereocenters. The number of aromatic carboxylic acids is 1. The van der Waals surface area contributed by atoms with Gasteiger partial charge in [-0.2, -0.15) is 4.31 Å². The third-order valence-electron chi connectivity index (χ3n) is 2.78. The Labute approximate surface area is 107 Å². The first-order valence-corrected chi connectivity index (χ1v) is 7.12. The zero-order valence-corrected chi connectivity index (χ0v) is 11.5. The van der Waals surface area contributed by atoms with Crippen molar-refractivity contribution in [1.82, 2.24) is 4.31 Å². The van der Waals surface area contributed by atoms with Crippen LogP contribution in [-0.2, 0) is 10.0 Å². The van der Waals surface area contributed by atoms with Crippen LogP contribution in [0.1, 0.15) is 29.8 Å². The van der Waals surface area contributed by atoms with Gasteiger partial charge < -0.3 is 5.11 Å². The molecule has 0 saturated heterocycles. The highest BCUT2D eigenvalue weighted by atomic mass is 32.2. The molecule has 5 nitrogen and oxygen atoms in total. The van der Waals surface area contributed by atoms with Gasteiger partial charge >= 0.3 is 5.97 Å². The van der Waals surface area contributed by atoms with Crippen molar-refractivity contribution in [2.75, 3.05) is 13.1 Å². The number of hydrogen-bond acceptors (Lipinski definition) is 3. The van der Waals surface area contributed by atoms with Crippen LogP contribution < -0.4 is 0 Å². The van der Waals surface area contributed by atoms with E-state index in [1.807, 2.05) is 0 Å². The van der Waals surface area contributed by atoms with Crippen molar-refractivity contribution in [3.05, 3.63) is 29.3 Å². The van der Waals surface area contributed by atoms with Gasteiger partial charge in [0, 0.05) is 13.1 Å². The highest BCUT2D eigenvalue weighted by Gasteiger charge is 2.23. The molecule has 0 aliphatic heterocycles. The minimum Gasteiger partial charge on any atom is -0.478 e. The standard InChI is InChI=1S/C12H17NO4S/c1-4-13(5-2)18(16,17)10-7-6-9(3)11(8-10)12(14)15/h6-8H,4-5H2,1-3H3,(H,14,15). The first-order chi connectivity index (χ1) is 8.34. The summed E-state index contributed by atoms with van der Waals surface area (Å²) >= 11 is 0. The molecule has 1 aromatic carbocycles. The lowest BCUT2D eigenvalue weighted by molar-refractivity contribution is 0.0696. The van der Waals surface area contributed by atoms with Crippen molar-refractivity contribution in [3.63, 3.8) is 0 Å². The average molecular weight is 271 g/mol. The Balaban J connectivity index is 3.34. The second kappa shape index (κ2) is 5.49. The van der Waals surface area contributed by atoms with E-state index in [1.54, 1.807) is 20.8 Å². The van der Waals surface area contributed by atoms with E-state index < -0.39 is 16.0 Å². The van der Waals surface area contributed by atoms with Crippen molar-refractivity contribution in [3.8, 4) is 0 Å². The Morgan fingerprint density at radius 1 is 1.28 bits per heavy atom. The smallest absolute Gasteiger partial charge is 0.335 e. The minimum atomic E-state index is -3.60. The van der Waals surface area contributed by atoms with Gasteiger partial charge in [-0.05, 0) is 24.6 Å². The van der Waals surface area contributed by atoms with Crippen molar-refractivity contribution in [1.29, 1.82) is 0 Å². The Kier molecular flexibility index (Phi) is 4.48. The molecule has 0 fully saturated rings. The van der Waals surface area contributed by atoms with Gasteiger partial charge in [0.15, 0.2) is 0 Å². The SMILES string of the molecule is CCN(CC)S(=O)(=O)c1ccc(C)c(C(=O)O)c1. The molecule has 0 heterocycles. The van der Waals surface area contributed by atoms with E-state index in [4.69, 9.17) is 5.11 Å². The lowest BCUT2D eigenvalue weighted by Crippen LogP contribution is -2.30. The molecule has 0 amide bonds. The van der Waals surface area contributed by atoms with E-state index in [9.17, 15) is 13.2 Å². The fourth-order valence-corrected chi connectivity index (χ4v) is 3.19. The molecule has 0 bridgehead atoms. The Bertz CT molecular complexity index is 547. The number of sulfonamides is 1. The summed E-state index contributed by atoms with van der Waals surface area (Å²) in [6, 6.07) is 4.17. The predicted octanol–water partition coefficient (Wildman–Crippen LogP) is 1.72. The summed E-state index contributed by atoms with van der Waals surface area (Å²) in [5.74, 6) is -1.12. The van der Waals surface area contributed by atoms with Crippen LogP contribution in [0.4, 0.5) is 0 Å². The van der Waals surface area contributed by atoms with Crippen LogP contribution in [0.3, 0.4) is 0 Å². The third kappa shape index (κ3) is 2.70. The van der Waals surface area contributed by atoms with Crippen LogP contribution >= 0.6 is 0 Å². The van der Waals surface area contributed by atoms with Crippen LogP contribution in [0.5, 0.6) is 0 Å². The Morgan fingerprint density at radius 2 is 1.83 bits per heavy atom. The molecule has 1 rings (SSSR count). The average Bonchev–Trinajstić information content (AvgIpc) is 2.30. The fraction of sp³-hybridized carbons (Fsp3) is 0.417. The topological polar surface area (TPSA) is 74.7 Å². The van der Waals surface area contributed by atoms with Gasteiger partial charge in [0.25, 0.3) is 0 Å². The molecule has 6 heteroatoms. The zero-order chi connectivity index (χ0) is 13.9. The fourth-order valence-electron chi connectivity index (χ4n) is 1.70. The van der Waals surface area contributed by atoms with E-state index in [0.717, 1.165) is 0 Å². The van der Waals surface area contributed by atoms with E-state index in [0.29, 0.717) is 18.7 Å². The van der Waals surface area contributed by atoms with Crippen molar-refractivity contribution < 1.29 is 18.3 Å². The largest absolute Gasteiger partial charge is 0.478 e. The zero-order valence-electron chi connectivity index (χ0n) is 10.7. The van der Waals surface area contributed by atoms with Gasteiger partial charge in [-0.1, -0.05) is 19.9 Å². The molecule has 0 spiro atoms. The van der Waals surface area contributed by atoms with Crippen molar-refractivity contribution >= 4 is 16.0 Å². The summed E-state index contributed by atoms with van der Waals surface area (Å²) in [5.41, 5.74) is 0.559. The number of aryl methyl sites for hydroxylation is 1. The summed E-state index contributed by atoms with van der Waals surface area (Å²) in [5, 5.41) is 9.00. The first-order valence-electron chi connectivity index (χ1n) is 5.68. The van der Waals surface area contributed by atoms with Crippen LogP contribution in [-0.4, -0.2) is 36.9 Å². The van der Waals surface area contributed by atoms with Gasteiger partial charge in [-0.15, -0.1) is 0 Å². The van der Waals surface area contributed by atoms with Gasteiger partial charge in [0.1, 0.15) is 0 Å². The molecule has 1 aromatic rings.